The number of carbonyl (C=O) groups is 1. The van der Waals surface area contributed by atoms with Crippen molar-refractivity contribution in [2.45, 2.75) is 58.4 Å². The van der Waals surface area contributed by atoms with E-state index in [0.717, 1.165) is 25.0 Å². The minimum atomic E-state index is -0.0362. The summed E-state index contributed by atoms with van der Waals surface area (Å²) in [5.41, 5.74) is 3.06. The summed E-state index contributed by atoms with van der Waals surface area (Å²) in [6.07, 6.45) is 4.47. The summed E-state index contributed by atoms with van der Waals surface area (Å²) in [5.74, 6) is 2.25. The van der Waals surface area contributed by atoms with Gasteiger partial charge in [0.05, 0.1) is 11.7 Å². The lowest BCUT2D eigenvalue weighted by molar-refractivity contribution is -0.0374. The van der Waals surface area contributed by atoms with E-state index in [9.17, 15) is 4.79 Å². The van der Waals surface area contributed by atoms with Gasteiger partial charge in [0.1, 0.15) is 11.3 Å². The maximum Gasteiger partial charge on any atom is 0.257 e. The monoisotopic (exact) mass is 300 g/mol. The smallest absolute Gasteiger partial charge is 0.257 e. The molecule has 2 bridgehead atoms. The third-order valence-electron chi connectivity index (χ3n) is 6.27. The van der Waals surface area contributed by atoms with Gasteiger partial charge in [-0.1, -0.05) is 31.2 Å². The van der Waals surface area contributed by atoms with Crippen molar-refractivity contribution in [1.82, 2.24) is 10.5 Å². The van der Waals surface area contributed by atoms with Crippen LogP contribution in [0.2, 0.25) is 0 Å². The maximum atomic E-state index is 12.7. The minimum absolute atomic E-state index is 0.0362. The van der Waals surface area contributed by atoms with Gasteiger partial charge in [-0.2, -0.15) is 0 Å². The molecule has 1 unspecified atom stereocenters. The highest BCUT2D eigenvalue weighted by atomic mass is 16.5. The average molecular weight is 300 g/mol. The number of nitrogens with zero attached hydrogens (tertiary/aromatic N) is 1. The van der Waals surface area contributed by atoms with E-state index in [4.69, 9.17) is 4.52 Å². The van der Waals surface area contributed by atoms with E-state index in [0.29, 0.717) is 34.5 Å². The molecule has 1 aromatic rings. The number of aryl methyl sites for hydroxylation is 1. The number of rotatable bonds is 3. The third-order valence-corrected chi connectivity index (χ3v) is 6.27. The highest BCUT2D eigenvalue weighted by Gasteiger charge is 2.55. The zero-order valence-electron chi connectivity index (χ0n) is 13.6. The van der Waals surface area contributed by atoms with Gasteiger partial charge in [0.15, 0.2) is 0 Å². The SMILES string of the molecule is C=C1C(NC(=O)c2c(C3CC3)noc2C)C[C@H]2C[C@@H]1C2(C)C. The van der Waals surface area contributed by atoms with E-state index >= 15 is 0 Å². The van der Waals surface area contributed by atoms with Crippen molar-refractivity contribution in [3.8, 4) is 0 Å². The van der Waals surface area contributed by atoms with Gasteiger partial charge in [-0.15, -0.1) is 0 Å². The largest absolute Gasteiger partial charge is 0.361 e. The topological polar surface area (TPSA) is 55.1 Å². The molecule has 118 valence electrons. The van der Waals surface area contributed by atoms with E-state index in [1.807, 2.05) is 6.92 Å². The van der Waals surface area contributed by atoms with Crippen LogP contribution < -0.4 is 5.32 Å². The number of aromatic nitrogens is 1. The van der Waals surface area contributed by atoms with Crippen LogP contribution in [0, 0.1) is 24.2 Å². The Labute approximate surface area is 131 Å². The number of carbonyl (C=O) groups excluding carboxylic acids is 1. The normalized spacial score (nSPS) is 32.5. The first-order valence-electron chi connectivity index (χ1n) is 8.35. The molecular weight excluding hydrogens is 276 g/mol. The molecule has 1 N–H and O–H groups in total. The average Bonchev–Trinajstić information content (AvgIpc) is 3.23. The molecule has 1 heterocycles. The molecule has 0 spiro atoms. The molecule has 22 heavy (non-hydrogen) atoms. The molecule has 1 aromatic heterocycles. The molecule has 4 aliphatic rings. The molecule has 4 aliphatic carbocycles. The second-order valence-corrected chi connectivity index (χ2v) is 7.92. The second-order valence-electron chi connectivity index (χ2n) is 7.92. The Morgan fingerprint density at radius 3 is 2.68 bits per heavy atom. The van der Waals surface area contributed by atoms with Gasteiger partial charge in [-0.05, 0) is 49.9 Å². The van der Waals surface area contributed by atoms with Crippen LogP contribution >= 0.6 is 0 Å². The van der Waals surface area contributed by atoms with Gasteiger partial charge in [0.2, 0.25) is 0 Å². The molecule has 5 rings (SSSR count). The molecule has 4 fully saturated rings. The van der Waals surface area contributed by atoms with Crippen LogP contribution in [-0.4, -0.2) is 17.1 Å². The molecule has 0 radical (unpaired) electrons. The maximum absolute atomic E-state index is 12.7. The van der Waals surface area contributed by atoms with Crippen molar-refractivity contribution in [1.29, 1.82) is 0 Å². The molecule has 4 nitrogen and oxygen atoms in total. The molecule has 0 aliphatic heterocycles. The second kappa shape index (κ2) is 4.46. The Morgan fingerprint density at radius 2 is 2.09 bits per heavy atom. The lowest BCUT2D eigenvalue weighted by Gasteiger charge is -2.60. The zero-order chi connectivity index (χ0) is 15.6. The van der Waals surface area contributed by atoms with Crippen LogP contribution in [0.5, 0.6) is 0 Å². The number of nitrogens with one attached hydrogen (secondary N) is 1. The van der Waals surface area contributed by atoms with Crippen LogP contribution in [0.15, 0.2) is 16.7 Å². The van der Waals surface area contributed by atoms with Gasteiger partial charge < -0.3 is 9.84 Å². The van der Waals surface area contributed by atoms with Crippen LogP contribution in [0.25, 0.3) is 0 Å². The molecule has 0 saturated heterocycles. The Balaban J connectivity index is 1.52. The van der Waals surface area contributed by atoms with Crippen molar-refractivity contribution in [3.05, 3.63) is 29.2 Å². The fourth-order valence-electron chi connectivity index (χ4n) is 4.41. The predicted octanol–water partition coefficient (Wildman–Crippen LogP) is 3.58. The van der Waals surface area contributed by atoms with E-state index in [1.165, 1.54) is 12.0 Å². The fourth-order valence-corrected chi connectivity index (χ4v) is 4.41. The quantitative estimate of drug-likeness (QED) is 0.868. The fraction of sp³-hybridized carbons (Fsp3) is 0.667. The Bertz CT molecular complexity index is 654. The molecular formula is C18H24N2O2. The summed E-state index contributed by atoms with van der Waals surface area (Å²) < 4.78 is 5.26. The molecule has 4 heteroatoms. The molecule has 1 amide bonds. The molecule has 3 atom stereocenters. The van der Waals surface area contributed by atoms with Crippen molar-refractivity contribution >= 4 is 5.91 Å². The summed E-state index contributed by atoms with van der Waals surface area (Å²) in [5, 5.41) is 7.29. The van der Waals surface area contributed by atoms with E-state index < -0.39 is 0 Å². The predicted molar refractivity (Wildman–Crippen MR) is 83.6 cm³/mol. The highest BCUT2D eigenvalue weighted by molar-refractivity contribution is 5.96. The molecule has 4 saturated carbocycles. The Kier molecular flexibility index (Phi) is 2.85. The lowest BCUT2D eigenvalue weighted by Crippen LogP contribution is -2.57. The van der Waals surface area contributed by atoms with Crippen LogP contribution in [0.3, 0.4) is 0 Å². The van der Waals surface area contributed by atoms with Gasteiger partial charge in [0.25, 0.3) is 5.91 Å². The first-order chi connectivity index (χ1) is 10.4. The zero-order valence-corrected chi connectivity index (χ0v) is 13.6. The molecule has 0 aromatic carbocycles. The summed E-state index contributed by atoms with van der Waals surface area (Å²) in [4.78, 5) is 12.7. The Hall–Kier alpha value is -1.58. The van der Waals surface area contributed by atoms with Gasteiger partial charge >= 0.3 is 0 Å². The third kappa shape index (κ3) is 1.89. The number of hydrogen-bond donors (Lipinski definition) is 1. The van der Waals surface area contributed by atoms with Crippen molar-refractivity contribution in [3.63, 3.8) is 0 Å². The summed E-state index contributed by atoms with van der Waals surface area (Å²) in [6, 6.07) is 0.102. The standard InChI is InChI=1S/C18H24N2O2/c1-9-13-7-12(18(13,3)4)8-14(9)19-17(21)15-10(2)22-20-16(15)11-5-6-11/h11-14H,1,5-8H2,2-4H3,(H,19,21)/t12-,13+,14?/m1/s1. The summed E-state index contributed by atoms with van der Waals surface area (Å²) in [6.45, 7) is 10.8. The van der Waals surface area contributed by atoms with Crippen molar-refractivity contribution < 1.29 is 9.32 Å². The van der Waals surface area contributed by atoms with Crippen LogP contribution in [-0.2, 0) is 0 Å². The van der Waals surface area contributed by atoms with Crippen molar-refractivity contribution in [2.24, 2.45) is 17.3 Å². The van der Waals surface area contributed by atoms with Gasteiger partial charge in [-0.25, -0.2) is 0 Å². The first-order valence-corrected chi connectivity index (χ1v) is 8.35. The summed E-state index contributed by atoms with van der Waals surface area (Å²) in [7, 11) is 0. The Morgan fingerprint density at radius 1 is 1.36 bits per heavy atom. The van der Waals surface area contributed by atoms with Crippen LogP contribution in [0.4, 0.5) is 0 Å². The lowest BCUT2D eigenvalue weighted by atomic mass is 9.46. The van der Waals surface area contributed by atoms with Gasteiger partial charge in [-0.3, -0.25) is 4.79 Å². The number of fused-ring (bicyclic) bond motifs is 2. The number of amides is 1. The first kappa shape index (κ1) is 14.0. The highest BCUT2D eigenvalue weighted by Crippen LogP contribution is 2.60. The van der Waals surface area contributed by atoms with Crippen LogP contribution in [0.1, 0.15) is 67.3 Å². The minimum Gasteiger partial charge on any atom is -0.361 e. The summed E-state index contributed by atoms with van der Waals surface area (Å²) >= 11 is 0. The van der Waals surface area contributed by atoms with E-state index in [-0.39, 0.29) is 11.9 Å². The number of hydrogen-bond acceptors (Lipinski definition) is 3. The van der Waals surface area contributed by atoms with Crippen molar-refractivity contribution in [2.75, 3.05) is 0 Å². The van der Waals surface area contributed by atoms with E-state index in [1.54, 1.807) is 0 Å². The van der Waals surface area contributed by atoms with Gasteiger partial charge in [0, 0.05) is 5.92 Å². The van der Waals surface area contributed by atoms with E-state index in [2.05, 4.69) is 30.9 Å².